The first-order valence-corrected chi connectivity index (χ1v) is 11.4. The van der Waals surface area contributed by atoms with Gasteiger partial charge in [0, 0.05) is 38.8 Å². The largest absolute Gasteiger partial charge is 0.497 e. The molecular weight excluding hydrogens is 530 g/mol. The van der Waals surface area contributed by atoms with Gasteiger partial charge in [-0.25, -0.2) is 9.59 Å². The van der Waals surface area contributed by atoms with Crippen LogP contribution in [0.25, 0.3) is 0 Å². The molecule has 0 radical (unpaired) electrons. The fourth-order valence-corrected chi connectivity index (χ4v) is 3.61. The molecule has 218 valence electrons. The Morgan fingerprint density at radius 2 is 1.50 bits per heavy atom. The summed E-state index contributed by atoms with van der Waals surface area (Å²) in [6.07, 6.45) is -10.2. The van der Waals surface area contributed by atoms with Crippen LogP contribution in [0, 0.1) is 0 Å². The second-order valence-electron chi connectivity index (χ2n) is 8.81. The van der Waals surface area contributed by atoms with E-state index in [1.165, 1.54) is 5.56 Å². The average molecular weight is 563 g/mol. The molecule has 0 amide bonds. The number of ether oxygens (including phenoxy) is 3. The topological polar surface area (TPSA) is 109 Å². The number of rotatable bonds is 4. The highest BCUT2D eigenvalue weighted by Crippen LogP contribution is 2.25. The average Bonchev–Trinajstić information content (AvgIpc) is 3.02. The number of hydrogen-bond acceptors (Lipinski definition) is 7. The summed E-state index contributed by atoms with van der Waals surface area (Å²) in [7, 11) is 1.70. The maximum Gasteiger partial charge on any atom is 0.490 e. The number of alkyl halides is 6. The molecule has 38 heavy (non-hydrogen) atoms. The quantitative estimate of drug-likeness (QED) is 0.535. The Hall–Kier alpha value is -2.62. The Morgan fingerprint density at radius 1 is 0.974 bits per heavy atom. The Kier molecular flexibility index (Phi) is 12.8. The van der Waals surface area contributed by atoms with Gasteiger partial charge in [0.25, 0.3) is 0 Å². The third-order valence-electron chi connectivity index (χ3n) is 5.49. The third kappa shape index (κ3) is 11.8. The van der Waals surface area contributed by atoms with Crippen molar-refractivity contribution in [1.29, 1.82) is 0 Å². The standard InChI is InChI=1S/C19H30N2O3.2C2HF3O2/c1-16(2)21-9-10-23-15-19(14-21)13-20(8-11-24-19)12-17-4-6-18(22-3)7-5-17;2*3-2(4,5)1(6)7/h4-7,16H,8-15H2,1-3H3;2*(H,6,7). The Labute approximate surface area is 215 Å². The van der Waals surface area contributed by atoms with Gasteiger partial charge in [-0.05, 0) is 31.5 Å². The first kappa shape index (κ1) is 33.4. The van der Waals surface area contributed by atoms with Crippen LogP contribution in [0.15, 0.2) is 24.3 Å². The Balaban J connectivity index is 0.000000426. The molecule has 2 heterocycles. The summed E-state index contributed by atoms with van der Waals surface area (Å²) in [4.78, 5) is 22.8. The molecule has 0 bridgehead atoms. The fraction of sp³-hybridized carbons (Fsp3) is 0.652. The molecule has 9 nitrogen and oxygen atoms in total. The molecule has 2 fully saturated rings. The second-order valence-corrected chi connectivity index (χ2v) is 8.81. The number of methoxy groups -OCH3 is 1. The van der Waals surface area contributed by atoms with Crippen LogP contribution in [0.4, 0.5) is 26.3 Å². The predicted octanol–water partition coefficient (Wildman–Crippen LogP) is 3.27. The molecule has 1 aromatic carbocycles. The van der Waals surface area contributed by atoms with Crippen molar-refractivity contribution in [1.82, 2.24) is 9.80 Å². The minimum absolute atomic E-state index is 0.203. The molecule has 3 rings (SSSR count). The lowest BCUT2D eigenvalue weighted by molar-refractivity contribution is -0.193. The zero-order valence-electron chi connectivity index (χ0n) is 21.1. The molecule has 1 atom stereocenters. The normalized spacial score (nSPS) is 21.0. The maximum atomic E-state index is 10.6. The lowest BCUT2D eigenvalue weighted by Crippen LogP contribution is -2.59. The lowest BCUT2D eigenvalue weighted by atomic mass is 10.0. The van der Waals surface area contributed by atoms with E-state index < -0.39 is 24.3 Å². The van der Waals surface area contributed by atoms with Crippen molar-refractivity contribution < 1.29 is 60.4 Å². The van der Waals surface area contributed by atoms with Crippen LogP contribution < -0.4 is 4.74 Å². The molecule has 2 aliphatic heterocycles. The number of morpholine rings is 1. The molecule has 1 aromatic rings. The van der Waals surface area contributed by atoms with E-state index in [0.717, 1.165) is 51.7 Å². The number of halogens is 6. The van der Waals surface area contributed by atoms with Gasteiger partial charge >= 0.3 is 24.3 Å². The van der Waals surface area contributed by atoms with Gasteiger partial charge in [0.1, 0.15) is 11.4 Å². The van der Waals surface area contributed by atoms with Crippen molar-refractivity contribution in [3.05, 3.63) is 29.8 Å². The SMILES string of the molecule is COc1ccc(CN2CCOC3(COCCN(C(C)C)C3)C2)cc1.O=C(O)C(F)(F)F.O=C(O)C(F)(F)F. The molecule has 1 spiro atoms. The van der Waals surface area contributed by atoms with E-state index in [4.69, 9.17) is 34.0 Å². The van der Waals surface area contributed by atoms with Gasteiger partial charge in [-0.3, -0.25) is 9.80 Å². The summed E-state index contributed by atoms with van der Waals surface area (Å²) in [5, 5.41) is 14.2. The Morgan fingerprint density at radius 3 is 1.95 bits per heavy atom. The van der Waals surface area contributed by atoms with Crippen molar-refractivity contribution in [2.24, 2.45) is 0 Å². The van der Waals surface area contributed by atoms with Gasteiger partial charge in [0.2, 0.25) is 0 Å². The number of carbonyl (C=O) groups is 2. The summed E-state index contributed by atoms with van der Waals surface area (Å²) in [6, 6.07) is 8.86. The smallest absolute Gasteiger partial charge is 0.490 e. The highest BCUT2D eigenvalue weighted by molar-refractivity contribution is 5.73. The van der Waals surface area contributed by atoms with E-state index in [0.29, 0.717) is 12.6 Å². The van der Waals surface area contributed by atoms with Crippen molar-refractivity contribution >= 4 is 11.9 Å². The summed E-state index contributed by atoms with van der Waals surface area (Å²) in [6.45, 7) is 11.5. The van der Waals surface area contributed by atoms with E-state index in [-0.39, 0.29) is 5.60 Å². The highest BCUT2D eigenvalue weighted by Gasteiger charge is 2.41. The zero-order chi connectivity index (χ0) is 29.1. The summed E-state index contributed by atoms with van der Waals surface area (Å²) in [5.74, 6) is -4.61. The first-order valence-electron chi connectivity index (χ1n) is 11.4. The van der Waals surface area contributed by atoms with E-state index >= 15 is 0 Å². The minimum atomic E-state index is -5.08. The monoisotopic (exact) mass is 562 g/mol. The minimum Gasteiger partial charge on any atom is -0.497 e. The van der Waals surface area contributed by atoms with Crippen LogP contribution in [0.1, 0.15) is 19.4 Å². The van der Waals surface area contributed by atoms with Gasteiger partial charge in [0.05, 0.1) is 26.9 Å². The lowest BCUT2D eigenvalue weighted by Gasteiger charge is -2.44. The van der Waals surface area contributed by atoms with Crippen LogP contribution in [-0.4, -0.2) is 109 Å². The Bertz CT molecular complexity index is 856. The summed E-state index contributed by atoms with van der Waals surface area (Å²) < 4.78 is 80.8. The van der Waals surface area contributed by atoms with Crippen molar-refractivity contribution in [2.45, 2.75) is 44.4 Å². The van der Waals surface area contributed by atoms with E-state index in [1.54, 1.807) is 7.11 Å². The number of benzene rings is 1. The molecule has 0 aliphatic carbocycles. The molecule has 0 aromatic heterocycles. The summed E-state index contributed by atoms with van der Waals surface area (Å²) in [5.41, 5.74) is 1.11. The second kappa shape index (κ2) is 14.5. The molecule has 2 aliphatic rings. The fourth-order valence-electron chi connectivity index (χ4n) is 3.61. The van der Waals surface area contributed by atoms with Crippen LogP contribution in [0.5, 0.6) is 5.75 Å². The van der Waals surface area contributed by atoms with Crippen LogP contribution >= 0.6 is 0 Å². The van der Waals surface area contributed by atoms with Gasteiger partial charge in [-0.15, -0.1) is 0 Å². The molecule has 15 heteroatoms. The van der Waals surface area contributed by atoms with E-state index in [2.05, 4.69) is 35.8 Å². The van der Waals surface area contributed by atoms with Crippen LogP contribution in [0.2, 0.25) is 0 Å². The van der Waals surface area contributed by atoms with E-state index in [9.17, 15) is 26.3 Å². The van der Waals surface area contributed by atoms with Crippen LogP contribution in [0.3, 0.4) is 0 Å². The van der Waals surface area contributed by atoms with E-state index in [1.807, 2.05) is 12.1 Å². The summed E-state index contributed by atoms with van der Waals surface area (Å²) >= 11 is 0. The molecular formula is C23H32F6N2O7. The molecule has 0 saturated carbocycles. The zero-order valence-corrected chi connectivity index (χ0v) is 21.1. The third-order valence-corrected chi connectivity index (χ3v) is 5.49. The number of carboxylic acid groups (broad SMARTS) is 2. The highest BCUT2D eigenvalue weighted by atomic mass is 19.4. The number of aliphatic carboxylic acids is 2. The number of carboxylic acids is 2. The first-order chi connectivity index (χ1) is 17.5. The molecule has 2 N–H and O–H groups in total. The number of nitrogens with zero attached hydrogens (tertiary/aromatic N) is 2. The molecule has 1 unspecified atom stereocenters. The van der Waals surface area contributed by atoms with Gasteiger partial charge in [-0.2, -0.15) is 26.3 Å². The van der Waals surface area contributed by atoms with Gasteiger partial charge in [0.15, 0.2) is 0 Å². The van der Waals surface area contributed by atoms with Crippen molar-refractivity contribution in [3.8, 4) is 5.75 Å². The van der Waals surface area contributed by atoms with Crippen LogP contribution in [-0.2, 0) is 25.6 Å². The van der Waals surface area contributed by atoms with Gasteiger partial charge in [-0.1, -0.05) is 12.1 Å². The molecule has 2 saturated heterocycles. The number of hydrogen-bond donors (Lipinski definition) is 2. The van der Waals surface area contributed by atoms with Crippen molar-refractivity contribution in [3.63, 3.8) is 0 Å². The van der Waals surface area contributed by atoms with Gasteiger partial charge < -0.3 is 24.4 Å². The van der Waals surface area contributed by atoms with Crippen molar-refractivity contribution in [2.75, 3.05) is 53.1 Å². The predicted molar refractivity (Wildman–Crippen MR) is 122 cm³/mol. The maximum absolute atomic E-state index is 10.6.